The van der Waals surface area contributed by atoms with Gasteiger partial charge in [-0.05, 0) is 56.5 Å². The number of aliphatic imine (C=N–C) groups is 1. The lowest BCUT2D eigenvalue weighted by Gasteiger charge is -2.28. The van der Waals surface area contributed by atoms with E-state index in [1.807, 2.05) is 0 Å². The Labute approximate surface area is 145 Å². The largest absolute Gasteiger partial charge is 0.370 e. The van der Waals surface area contributed by atoms with E-state index in [0.717, 1.165) is 25.2 Å². The number of nitrogens with two attached hydrogens (primary N) is 1. The first-order chi connectivity index (χ1) is 9.67. The number of nitrogens with zero attached hydrogens (tertiary/aromatic N) is 2. The third-order valence-corrected chi connectivity index (χ3v) is 3.88. The molecule has 1 heterocycles. The van der Waals surface area contributed by atoms with Gasteiger partial charge in [0.25, 0.3) is 0 Å². The molecule has 21 heavy (non-hydrogen) atoms. The first-order valence-corrected chi connectivity index (χ1v) is 7.51. The molecule has 118 valence electrons. The first-order valence-electron chi connectivity index (χ1n) is 7.51. The molecule has 0 spiro atoms. The van der Waals surface area contributed by atoms with Crippen LogP contribution in [0.15, 0.2) is 29.3 Å². The SMILES string of the molecule is CCc1ccc(NC(N)=NCC2CCCN(C)C2)cc1.I. The Hall–Kier alpha value is -0.820. The summed E-state index contributed by atoms with van der Waals surface area (Å²) in [5.41, 5.74) is 8.29. The monoisotopic (exact) mass is 402 g/mol. The Balaban J connectivity index is 0.00000220. The molecule has 1 fully saturated rings. The molecule has 1 aliphatic heterocycles. The normalized spacial score (nSPS) is 19.9. The molecule has 0 saturated carbocycles. The molecule has 1 atom stereocenters. The molecule has 0 radical (unpaired) electrons. The molecule has 0 aromatic heterocycles. The average molecular weight is 402 g/mol. The van der Waals surface area contributed by atoms with Gasteiger partial charge >= 0.3 is 0 Å². The van der Waals surface area contributed by atoms with Gasteiger partial charge in [-0.1, -0.05) is 19.1 Å². The first kappa shape index (κ1) is 18.2. The lowest BCUT2D eigenvalue weighted by molar-refractivity contribution is 0.214. The van der Waals surface area contributed by atoms with Gasteiger partial charge in [0.15, 0.2) is 5.96 Å². The average Bonchev–Trinajstić information content (AvgIpc) is 2.46. The molecule has 2 rings (SSSR count). The lowest BCUT2D eigenvalue weighted by atomic mass is 9.99. The van der Waals surface area contributed by atoms with E-state index in [1.165, 1.54) is 24.9 Å². The van der Waals surface area contributed by atoms with Crippen LogP contribution in [0.1, 0.15) is 25.3 Å². The summed E-state index contributed by atoms with van der Waals surface area (Å²) in [6, 6.07) is 8.34. The number of nitrogens with one attached hydrogen (secondary N) is 1. The zero-order valence-electron chi connectivity index (χ0n) is 13.0. The van der Waals surface area contributed by atoms with Crippen LogP contribution >= 0.6 is 24.0 Å². The van der Waals surface area contributed by atoms with Crippen molar-refractivity contribution in [3.05, 3.63) is 29.8 Å². The van der Waals surface area contributed by atoms with Crippen LogP contribution in [0.5, 0.6) is 0 Å². The van der Waals surface area contributed by atoms with Gasteiger partial charge in [0, 0.05) is 18.8 Å². The molecular weight excluding hydrogens is 375 g/mol. The van der Waals surface area contributed by atoms with E-state index < -0.39 is 0 Å². The Morgan fingerprint density at radius 1 is 1.38 bits per heavy atom. The quantitative estimate of drug-likeness (QED) is 0.463. The summed E-state index contributed by atoms with van der Waals surface area (Å²) >= 11 is 0. The number of piperidine rings is 1. The number of aryl methyl sites for hydroxylation is 1. The van der Waals surface area contributed by atoms with E-state index in [-0.39, 0.29) is 24.0 Å². The van der Waals surface area contributed by atoms with Crippen LogP contribution in [0, 0.1) is 5.92 Å². The summed E-state index contributed by atoms with van der Waals surface area (Å²) in [4.78, 5) is 6.85. The third-order valence-electron chi connectivity index (χ3n) is 3.88. The number of hydrogen-bond acceptors (Lipinski definition) is 2. The third kappa shape index (κ3) is 6.22. The minimum absolute atomic E-state index is 0. The number of guanidine groups is 1. The van der Waals surface area contributed by atoms with Crippen LogP contribution < -0.4 is 11.1 Å². The molecule has 4 nitrogen and oxygen atoms in total. The van der Waals surface area contributed by atoms with Gasteiger partial charge in [0.05, 0.1) is 0 Å². The van der Waals surface area contributed by atoms with Gasteiger partial charge < -0.3 is 16.0 Å². The molecular formula is C16H27IN4. The molecule has 1 unspecified atom stereocenters. The van der Waals surface area contributed by atoms with Crippen molar-refractivity contribution in [1.82, 2.24) is 4.90 Å². The van der Waals surface area contributed by atoms with Gasteiger partial charge in [-0.25, -0.2) is 0 Å². The van der Waals surface area contributed by atoms with E-state index in [4.69, 9.17) is 5.73 Å². The maximum absolute atomic E-state index is 5.95. The van der Waals surface area contributed by atoms with Gasteiger partial charge in [-0.2, -0.15) is 0 Å². The van der Waals surface area contributed by atoms with Crippen LogP contribution in [0.3, 0.4) is 0 Å². The molecule has 1 aromatic carbocycles. The van der Waals surface area contributed by atoms with E-state index in [0.29, 0.717) is 11.9 Å². The summed E-state index contributed by atoms with van der Waals surface area (Å²) in [7, 11) is 2.17. The van der Waals surface area contributed by atoms with Crippen molar-refractivity contribution in [2.75, 3.05) is 32.0 Å². The van der Waals surface area contributed by atoms with Crippen LogP contribution in [0.2, 0.25) is 0 Å². The minimum atomic E-state index is 0. The molecule has 0 amide bonds. The maximum atomic E-state index is 5.95. The summed E-state index contributed by atoms with van der Waals surface area (Å²) < 4.78 is 0. The van der Waals surface area contributed by atoms with Crippen molar-refractivity contribution >= 4 is 35.6 Å². The number of benzene rings is 1. The Morgan fingerprint density at radius 3 is 2.71 bits per heavy atom. The van der Waals surface area contributed by atoms with E-state index in [1.54, 1.807) is 0 Å². The van der Waals surface area contributed by atoms with Crippen LogP contribution in [-0.4, -0.2) is 37.5 Å². The topological polar surface area (TPSA) is 53.6 Å². The fourth-order valence-corrected chi connectivity index (χ4v) is 2.66. The predicted molar refractivity (Wildman–Crippen MR) is 102 cm³/mol. The van der Waals surface area contributed by atoms with Gasteiger partial charge in [-0.15, -0.1) is 24.0 Å². The zero-order valence-corrected chi connectivity index (χ0v) is 15.3. The second kappa shape index (κ2) is 9.25. The highest BCUT2D eigenvalue weighted by molar-refractivity contribution is 14.0. The van der Waals surface area contributed by atoms with Gasteiger partial charge in [0.1, 0.15) is 0 Å². The van der Waals surface area contributed by atoms with Crippen molar-refractivity contribution in [2.24, 2.45) is 16.6 Å². The van der Waals surface area contributed by atoms with E-state index in [2.05, 4.69) is 53.4 Å². The molecule has 0 bridgehead atoms. The molecule has 3 N–H and O–H groups in total. The van der Waals surface area contributed by atoms with E-state index in [9.17, 15) is 0 Å². The highest BCUT2D eigenvalue weighted by Gasteiger charge is 2.16. The second-order valence-corrected chi connectivity index (χ2v) is 5.67. The van der Waals surface area contributed by atoms with Crippen molar-refractivity contribution < 1.29 is 0 Å². The molecule has 5 heteroatoms. The fourth-order valence-electron chi connectivity index (χ4n) is 2.66. The smallest absolute Gasteiger partial charge is 0.193 e. The van der Waals surface area contributed by atoms with Crippen molar-refractivity contribution in [2.45, 2.75) is 26.2 Å². The standard InChI is InChI=1S/C16H26N4.HI/c1-3-13-6-8-15(9-7-13)19-16(17)18-11-14-5-4-10-20(2)12-14;/h6-9,14H,3-5,10-12H2,1-2H3,(H3,17,18,19);1H. The molecule has 0 aliphatic carbocycles. The summed E-state index contributed by atoms with van der Waals surface area (Å²) in [5.74, 6) is 1.15. The predicted octanol–water partition coefficient (Wildman–Crippen LogP) is 2.94. The summed E-state index contributed by atoms with van der Waals surface area (Å²) in [6.45, 7) is 5.30. The lowest BCUT2D eigenvalue weighted by Crippen LogP contribution is -2.34. The minimum Gasteiger partial charge on any atom is -0.370 e. The summed E-state index contributed by atoms with van der Waals surface area (Å²) in [5, 5.41) is 3.16. The molecule has 1 aliphatic rings. The van der Waals surface area contributed by atoms with Crippen molar-refractivity contribution in [3.8, 4) is 0 Å². The van der Waals surface area contributed by atoms with Crippen LogP contribution in [-0.2, 0) is 6.42 Å². The zero-order chi connectivity index (χ0) is 14.4. The van der Waals surface area contributed by atoms with Crippen LogP contribution in [0.25, 0.3) is 0 Å². The second-order valence-electron chi connectivity index (χ2n) is 5.67. The number of halogens is 1. The molecule has 1 saturated heterocycles. The highest BCUT2D eigenvalue weighted by Crippen LogP contribution is 2.15. The fraction of sp³-hybridized carbons (Fsp3) is 0.562. The Kier molecular flexibility index (Phi) is 8.03. The van der Waals surface area contributed by atoms with Crippen molar-refractivity contribution in [3.63, 3.8) is 0 Å². The van der Waals surface area contributed by atoms with Crippen molar-refractivity contribution in [1.29, 1.82) is 0 Å². The number of anilines is 1. The maximum Gasteiger partial charge on any atom is 0.193 e. The highest BCUT2D eigenvalue weighted by atomic mass is 127. The van der Waals surface area contributed by atoms with Gasteiger partial charge in [0.2, 0.25) is 0 Å². The Morgan fingerprint density at radius 2 is 2.10 bits per heavy atom. The van der Waals surface area contributed by atoms with Crippen LogP contribution in [0.4, 0.5) is 5.69 Å². The number of likely N-dealkylation sites (tertiary alicyclic amines) is 1. The Bertz CT molecular complexity index is 444. The van der Waals surface area contributed by atoms with Gasteiger partial charge in [-0.3, -0.25) is 4.99 Å². The van der Waals surface area contributed by atoms with E-state index >= 15 is 0 Å². The summed E-state index contributed by atoms with van der Waals surface area (Å²) in [6.07, 6.45) is 3.58. The molecule has 1 aromatic rings. The number of hydrogen-bond donors (Lipinski definition) is 2. The number of rotatable bonds is 4.